The van der Waals surface area contributed by atoms with E-state index in [1.165, 1.54) is 0 Å². The van der Waals surface area contributed by atoms with Gasteiger partial charge in [0.15, 0.2) is 0 Å². The van der Waals surface area contributed by atoms with Crippen molar-refractivity contribution in [2.45, 2.75) is 27.7 Å². The molecule has 6 heteroatoms. The van der Waals surface area contributed by atoms with E-state index < -0.39 is 22.8 Å². The van der Waals surface area contributed by atoms with Gasteiger partial charge in [0, 0.05) is 10.8 Å². The zero-order chi connectivity index (χ0) is 25.2. The van der Waals surface area contributed by atoms with Gasteiger partial charge in [0.05, 0.1) is 37.6 Å². The van der Waals surface area contributed by atoms with Crippen LogP contribution < -0.4 is 0 Å². The van der Waals surface area contributed by atoms with Gasteiger partial charge in [0.2, 0.25) is 0 Å². The molecule has 0 atom stereocenters. The van der Waals surface area contributed by atoms with Gasteiger partial charge in [0.1, 0.15) is 0 Å². The lowest BCUT2D eigenvalue weighted by Crippen LogP contribution is -2.26. The molecule has 0 heterocycles. The van der Waals surface area contributed by atoms with Crippen molar-refractivity contribution in [2.75, 3.05) is 26.4 Å². The highest BCUT2D eigenvalue weighted by Crippen LogP contribution is 2.23. The maximum Gasteiger partial charge on any atom is 0.338 e. The summed E-state index contributed by atoms with van der Waals surface area (Å²) in [6.45, 7) is 7.01. The van der Waals surface area contributed by atoms with Crippen molar-refractivity contribution in [2.24, 2.45) is 10.8 Å². The third kappa shape index (κ3) is 8.28. The highest BCUT2D eigenvalue weighted by Gasteiger charge is 2.23. The average Bonchev–Trinajstić information content (AvgIpc) is 2.85. The number of rotatable bonds is 11. The van der Waals surface area contributed by atoms with Gasteiger partial charge in [-0.3, -0.25) is 0 Å². The number of esters is 2. The Kier molecular flexibility index (Phi) is 9.78. The number of aliphatic hydroxyl groups excluding tert-OH is 2. The minimum atomic E-state index is -0.578. The van der Waals surface area contributed by atoms with Crippen LogP contribution in [-0.2, 0) is 19.1 Å². The van der Waals surface area contributed by atoms with Gasteiger partial charge in [-0.15, -0.1) is 0 Å². The van der Waals surface area contributed by atoms with Crippen molar-refractivity contribution in [1.29, 1.82) is 0 Å². The van der Waals surface area contributed by atoms with Crippen molar-refractivity contribution in [3.63, 3.8) is 0 Å². The third-order valence-electron chi connectivity index (χ3n) is 5.07. The lowest BCUT2D eigenvalue weighted by Gasteiger charge is -2.21. The maximum atomic E-state index is 13.0. The summed E-state index contributed by atoms with van der Waals surface area (Å²) in [7, 11) is 0. The first-order valence-corrected chi connectivity index (χ1v) is 11.2. The molecule has 0 aromatic heterocycles. The second kappa shape index (κ2) is 12.3. The summed E-state index contributed by atoms with van der Waals surface area (Å²) < 4.78 is 11.0. The quantitative estimate of drug-likeness (QED) is 0.292. The molecule has 0 saturated heterocycles. The highest BCUT2D eigenvalue weighted by atomic mass is 16.5. The maximum absolute atomic E-state index is 13.0. The Labute approximate surface area is 201 Å². The Morgan fingerprint density at radius 1 is 0.676 bits per heavy atom. The van der Waals surface area contributed by atoms with E-state index in [1.54, 1.807) is 88.4 Å². The fraction of sp³-hybridized carbons (Fsp3) is 0.357. The Morgan fingerprint density at radius 3 is 1.29 bits per heavy atom. The lowest BCUT2D eigenvalue weighted by atomic mass is 9.96. The molecule has 0 saturated carbocycles. The van der Waals surface area contributed by atoms with E-state index in [9.17, 15) is 19.8 Å². The van der Waals surface area contributed by atoms with E-state index >= 15 is 0 Å². The number of allylic oxidation sites excluding steroid dienone is 2. The van der Waals surface area contributed by atoms with Crippen LogP contribution in [-0.4, -0.2) is 48.6 Å². The number of carbonyl (C=O) groups excluding carboxylic acids is 2. The number of aliphatic hydroxyl groups is 2. The third-order valence-corrected chi connectivity index (χ3v) is 5.07. The number of benzene rings is 2. The molecule has 0 fully saturated rings. The summed E-state index contributed by atoms with van der Waals surface area (Å²) in [5.41, 5.74) is 0.649. The predicted octanol–water partition coefficient (Wildman–Crippen LogP) is 4.28. The van der Waals surface area contributed by atoms with Crippen LogP contribution in [0.4, 0.5) is 0 Å². The molecule has 2 aromatic carbocycles. The molecule has 6 nitrogen and oxygen atoms in total. The van der Waals surface area contributed by atoms with E-state index in [4.69, 9.17) is 9.47 Å². The molecule has 0 unspecified atom stereocenters. The summed E-state index contributed by atoms with van der Waals surface area (Å²) in [5, 5.41) is 18.9. The average molecular weight is 467 g/mol. The van der Waals surface area contributed by atoms with Crippen LogP contribution in [0.3, 0.4) is 0 Å². The van der Waals surface area contributed by atoms with Crippen molar-refractivity contribution in [3.05, 3.63) is 83.9 Å². The van der Waals surface area contributed by atoms with Crippen LogP contribution in [0.25, 0.3) is 11.1 Å². The van der Waals surface area contributed by atoms with E-state index in [0.717, 1.165) is 0 Å². The van der Waals surface area contributed by atoms with Gasteiger partial charge in [0.25, 0.3) is 0 Å². The van der Waals surface area contributed by atoms with Gasteiger partial charge in [-0.05, 0) is 23.3 Å². The molecule has 34 heavy (non-hydrogen) atoms. The van der Waals surface area contributed by atoms with Crippen molar-refractivity contribution < 1.29 is 29.3 Å². The van der Waals surface area contributed by atoms with Crippen molar-refractivity contribution in [3.8, 4) is 0 Å². The van der Waals surface area contributed by atoms with Crippen LogP contribution >= 0.6 is 0 Å². The van der Waals surface area contributed by atoms with E-state index in [2.05, 4.69) is 0 Å². The molecule has 0 aliphatic rings. The molecule has 0 aliphatic heterocycles. The smallest absolute Gasteiger partial charge is 0.338 e. The fourth-order valence-corrected chi connectivity index (χ4v) is 2.73. The van der Waals surface area contributed by atoms with E-state index in [-0.39, 0.29) is 37.6 Å². The Balaban J connectivity index is 2.44. The number of ether oxygens (including phenoxy) is 2. The molecule has 0 aliphatic carbocycles. The molecule has 2 N–H and O–H groups in total. The van der Waals surface area contributed by atoms with Gasteiger partial charge >= 0.3 is 11.9 Å². The topological polar surface area (TPSA) is 93.1 Å². The van der Waals surface area contributed by atoms with E-state index in [0.29, 0.717) is 11.1 Å². The van der Waals surface area contributed by atoms with Gasteiger partial charge < -0.3 is 19.7 Å². The molecular weight excluding hydrogens is 432 g/mol. The van der Waals surface area contributed by atoms with Gasteiger partial charge in [-0.25, -0.2) is 9.59 Å². The first-order valence-electron chi connectivity index (χ1n) is 11.2. The largest absolute Gasteiger partial charge is 0.461 e. The number of hydrogen-bond acceptors (Lipinski definition) is 6. The minimum Gasteiger partial charge on any atom is -0.461 e. The predicted molar refractivity (Wildman–Crippen MR) is 132 cm³/mol. The molecule has 182 valence electrons. The Bertz CT molecular complexity index is 920. The highest BCUT2D eigenvalue weighted by molar-refractivity contribution is 6.20. The summed E-state index contributed by atoms with van der Waals surface area (Å²) in [4.78, 5) is 26.0. The fourth-order valence-electron chi connectivity index (χ4n) is 2.73. The summed E-state index contributed by atoms with van der Waals surface area (Å²) in [5.74, 6) is -1.13. The van der Waals surface area contributed by atoms with Crippen LogP contribution in [0.1, 0.15) is 38.8 Å². The molecule has 0 amide bonds. The summed E-state index contributed by atoms with van der Waals surface area (Å²) in [6, 6.07) is 18.0. The first kappa shape index (κ1) is 27.0. The van der Waals surface area contributed by atoms with Gasteiger partial charge in [-0.2, -0.15) is 0 Å². The molecule has 2 aromatic rings. The normalized spacial score (nSPS) is 12.9. The molecule has 2 rings (SSSR count). The second-order valence-electron chi connectivity index (χ2n) is 9.69. The van der Waals surface area contributed by atoms with Crippen LogP contribution in [0.5, 0.6) is 0 Å². The Hall–Kier alpha value is -3.22. The number of hydrogen-bond donors (Lipinski definition) is 2. The zero-order valence-corrected chi connectivity index (χ0v) is 20.3. The number of carbonyl (C=O) groups is 2. The summed E-state index contributed by atoms with van der Waals surface area (Å²) in [6.07, 6.45) is 3.09. The van der Waals surface area contributed by atoms with E-state index in [1.807, 2.05) is 12.1 Å². The molecule has 0 radical (unpaired) electrons. The van der Waals surface area contributed by atoms with Crippen LogP contribution in [0.2, 0.25) is 0 Å². The van der Waals surface area contributed by atoms with Gasteiger partial charge in [-0.1, -0.05) is 88.4 Å². The first-order chi connectivity index (χ1) is 16.1. The van der Waals surface area contributed by atoms with Crippen molar-refractivity contribution >= 4 is 23.1 Å². The SMILES string of the molecule is CC(C)(CO)COC(=O)/C(=C/C=C(/C(=O)OCC(C)(C)CO)c1ccccc1)c1ccccc1. The lowest BCUT2D eigenvalue weighted by molar-refractivity contribution is -0.141. The minimum absolute atomic E-state index is 0.0417. The summed E-state index contributed by atoms with van der Waals surface area (Å²) >= 11 is 0. The molecular formula is C28H34O6. The monoisotopic (exact) mass is 466 g/mol. The molecule has 0 bridgehead atoms. The second-order valence-corrected chi connectivity index (χ2v) is 9.69. The zero-order valence-electron chi connectivity index (χ0n) is 20.3. The molecule has 0 spiro atoms. The van der Waals surface area contributed by atoms with Crippen LogP contribution in [0.15, 0.2) is 72.8 Å². The van der Waals surface area contributed by atoms with Crippen LogP contribution in [0, 0.1) is 10.8 Å². The van der Waals surface area contributed by atoms with Crippen molar-refractivity contribution in [1.82, 2.24) is 0 Å². The Morgan fingerprint density at radius 2 is 1.00 bits per heavy atom. The standard InChI is InChI=1S/C28H34O6/c1-27(2,17-29)19-33-25(31)23(21-11-7-5-8-12-21)15-16-24(22-13-9-6-10-14-22)26(32)34-20-28(3,4)18-30/h5-16,29-30H,17-20H2,1-4H3/b23-15+,24-16+.